The van der Waals surface area contributed by atoms with Gasteiger partial charge < -0.3 is 21.3 Å². The Kier molecular flexibility index (Phi) is 1.25. The Hall–Kier alpha value is -0.160. The van der Waals surface area contributed by atoms with Gasteiger partial charge in [0.1, 0.15) is 0 Å². The first-order valence-corrected chi connectivity index (χ1v) is 3.58. The zero-order chi connectivity index (χ0) is 7.30. The van der Waals surface area contributed by atoms with E-state index in [0.29, 0.717) is 0 Å². The van der Waals surface area contributed by atoms with E-state index in [4.69, 9.17) is 5.73 Å². The lowest BCUT2D eigenvalue weighted by molar-refractivity contribution is 0.00775. The first-order chi connectivity index (χ1) is 4.70. The molecule has 5 atom stereocenters. The van der Waals surface area contributed by atoms with E-state index >= 15 is 0 Å². The normalized spacial score (nSPS) is 59.7. The summed E-state index contributed by atoms with van der Waals surface area (Å²) < 4.78 is 0. The van der Waals surface area contributed by atoms with Crippen LogP contribution in [0, 0.1) is 0 Å². The van der Waals surface area contributed by atoms with Crippen LogP contribution in [0.15, 0.2) is 0 Å². The number of aliphatic hydroxyl groups is 2. The molecule has 58 valence electrons. The Morgan fingerprint density at radius 3 is 2.40 bits per heavy atom. The van der Waals surface area contributed by atoms with Crippen molar-refractivity contribution in [3.63, 3.8) is 0 Å². The molecule has 0 saturated carbocycles. The smallest absolute Gasteiger partial charge is 0.0982 e. The van der Waals surface area contributed by atoms with Crippen LogP contribution in [0.4, 0.5) is 0 Å². The second-order valence-electron chi connectivity index (χ2n) is 3.18. The van der Waals surface area contributed by atoms with Crippen molar-refractivity contribution in [1.82, 2.24) is 5.32 Å². The van der Waals surface area contributed by atoms with E-state index in [9.17, 15) is 10.2 Å². The van der Waals surface area contributed by atoms with Crippen molar-refractivity contribution in [2.45, 2.75) is 36.8 Å². The van der Waals surface area contributed by atoms with Crippen molar-refractivity contribution in [3.8, 4) is 0 Å². The summed E-state index contributed by atoms with van der Waals surface area (Å²) in [7, 11) is 0. The van der Waals surface area contributed by atoms with Crippen molar-refractivity contribution in [1.29, 1.82) is 0 Å². The molecule has 2 aliphatic rings. The molecule has 0 amide bonds. The molecule has 5 N–H and O–H groups in total. The third kappa shape index (κ3) is 0.645. The number of fused-ring (bicyclic) bond motifs is 2. The Bertz CT molecular complexity index is 151. The lowest BCUT2D eigenvalue weighted by Crippen LogP contribution is -2.48. The molecule has 2 saturated heterocycles. The quantitative estimate of drug-likeness (QED) is 0.310. The second kappa shape index (κ2) is 1.92. The summed E-state index contributed by atoms with van der Waals surface area (Å²) in [6, 6.07) is -0.0431. The van der Waals surface area contributed by atoms with Gasteiger partial charge in [-0.2, -0.15) is 0 Å². The molecule has 0 aromatic carbocycles. The molecular formula is C6H12N2O2. The zero-order valence-corrected chi connectivity index (χ0v) is 5.57. The van der Waals surface area contributed by atoms with Crippen LogP contribution in [-0.2, 0) is 0 Å². The first kappa shape index (κ1) is 6.54. The predicted molar refractivity (Wildman–Crippen MR) is 35.3 cm³/mol. The van der Waals surface area contributed by atoms with Gasteiger partial charge in [0.25, 0.3) is 0 Å². The van der Waals surface area contributed by atoms with Crippen molar-refractivity contribution in [2.75, 3.05) is 0 Å². The van der Waals surface area contributed by atoms with E-state index < -0.39 is 12.2 Å². The maximum atomic E-state index is 9.27. The molecule has 0 aromatic heterocycles. The van der Waals surface area contributed by atoms with Crippen LogP contribution in [-0.4, -0.2) is 40.5 Å². The average Bonchev–Trinajstić information content (AvgIpc) is 2.36. The molecule has 0 aromatic rings. The number of nitrogens with two attached hydrogens (primary N) is 1. The standard InChI is InChI=1S/C6H12N2O2/c7-2-1-3-5(9)6(10)4(2)8-3/h2-6,8-10H,1,7H2/t2-,3+,4-,5+,6-/m1/s1. The summed E-state index contributed by atoms with van der Waals surface area (Å²) in [4.78, 5) is 0. The number of aliphatic hydroxyl groups excluding tert-OH is 2. The van der Waals surface area contributed by atoms with Gasteiger partial charge in [-0.15, -0.1) is 0 Å². The molecule has 4 heteroatoms. The van der Waals surface area contributed by atoms with Gasteiger partial charge in [0, 0.05) is 12.1 Å². The molecule has 2 rings (SSSR count). The van der Waals surface area contributed by atoms with E-state index in [1.807, 2.05) is 0 Å². The third-order valence-corrected chi connectivity index (χ3v) is 2.52. The Morgan fingerprint density at radius 2 is 2.00 bits per heavy atom. The highest BCUT2D eigenvalue weighted by Crippen LogP contribution is 2.27. The fraction of sp³-hybridized carbons (Fsp3) is 1.00. The monoisotopic (exact) mass is 144 g/mol. The molecule has 0 unspecified atom stereocenters. The van der Waals surface area contributed by atoms with E-state index in [0.717, 1.165) is 6.42 Å². The van der Waals surface area contributed by atoms with Gasteiger partial charge in [-0.3, -0.25) is 0 Å². The third-order valence-electron chi connectivity index (χ3n) is 2.52. The largest absolute Gasteiger partial charge is 0.389 e. The van der Waals surface area contributed by atoms with Crippen LogP contribution in [0.25, 0.3) is 0 Å². The number of nitrogens with one attached hydrogen (secondary N) is 1. The SMILES string of the molecule is N[C@@H]1C[C@@H]2N[C@H]1[C@@H](O)[C@H]2O. The minimum Gasteiger partial charge on any atom is -0.389 e. The molecular weight excluding hydrogens is 132 g/mol. The van der Waals surface area contributed by atoms with Gasteiger partial charge in [-0.05, 0) is 6.42 Å². The molecule has 10 heavy (non-hydrogen) atoms. The van der Waals surface area contributed by atoms with Crippen molar-refractivity contribution < 1.29 is 10.2 Å². The van der Waals surface area contributed by atoms with E-state index in [2.05, 4.69) is 5.32 Å². The van der Waals surface area contributed by atoms with Gasteiger partial charge in [-0.1, -0.05) is 0 Å². The molecule has 4 nitrogen and oxygen atoms in total. The lowest BCUT2D eigenvalue weighted by Gasteiger charge is -2.24. The zero-order valence-electron chi connectivity index (χ0n) is 5.57. The Balaban J connectivity index is 2.16. The van der Waals surface area contributed by atoms with E-state index in [-0.39, 0.29) is 18.1 Å². The van der Waals surface area contributed by atoms with Crippen molar-refractivity contribution in [2.24, 2.45) is 5.73 Å². The highest BCUT2D eigenvalue weighted by Gasteiger charge is 2.49. The molecule has 2 heterocycles. The van der Waals surface area contributed by atoms with Crippen molar-refractivity contribution in [3.05, 3.63) is 0 Å². The maximum Gasteiger partial charge on any atom is 0.0982 e. The van der Waals surface area contributed by atoms with E-state index in [1.165, 1.54) is 0 Å². The summed E-state index contributed by atoms with van der Waals surface area (Å²) in [6.45, 7) is 0. The van der Waals surface area contributed by atoms with Gasteiger partial charge in [-0.25, -0.2) is 0 Å². The second-order valence-corrected chi connectivity index (χ2v) is 3.18. The first-order valence-electron chi connectivity index (χ1n) is 3.58. The van der Waals surface area contributed by atoms with Gasteiger partial charge in [0.15, 0.2) is 0 Å². The minimum atomic E-state index is -0.659. The number of hydrogen-bond acceptors (Lipinski definition) is 4. The lowest BCUT2D eigenvalue weighted by atomic mass is 9.91. The average molecular weight is 144 g/mol. The Labute approximate surface area is 59.0 Å². The summed E-state index contributed by atoms with van der Waals surface area (Å²) in [5, 5.41) is 21.6. The molecule has 0 spiro atoms. The fourth-order valence-corrected chi connectivity index (χ4v) is 1.92. The number of rotatable bonds is 0. The molecule has 2 bridgehead atoms. The summed E-state index contributed by atoms with van der Waals surface area (Å²) in [5.74, 6) is 0. The summed E-state index contributed by atoms with van der Waals surface area (Å²) in [6.07, 6.45) is -0.485. The van der Waals surface area contributed by atoms with Crippen LogP contribution in [0.1, 0.15) is 6.42 Å². The minimum absolute atomic E-state index is 0.0170. The molecule has 0 aliphatic carbocycles. The van der Waals surface area contributed by atoms with Crippen LogP contribution in [0.2, 0.25) is 0 Å². The number of hydrogen-bond donors (Lipinski definition) is 4. The molecule has 0 radical (unpaired) electrons. The Morgan fingerprint density at radius 1 is 1.30 bits per heavy atom. The fourth-order valence-electron chi connectivity index (χ4n) is 1.92. The maximum absolute atomic E-state index is 9.27. The van der Waals surface area contributed by atoms with Crippen LogP contribution in [0.3, 0.4) is 0 Å². The highest BCUT2D eigenvalue weighted by atomic mass is 16.3. The molecule has 2 fully saturated rings. The van der Waals surface area contributed by atoms with Gasteiger partial charge in [0.2, 0.25) is 0 Å². The predicted octanol–water partition coefficient (Wildman–Crippen LogP) is -2.22. The van der Waals surface area contributed by atoms with Gasteiger partial charge in [0.05, 0.1) is 18.2 Å². The summed E-state index contributed by atoms with van der Waals surface area (Å²) >= 11 is 0. The topological polar surface area (TPSA) is 78.5 Å². The van der Waals surface area contributed by atoms with Crippen molar-refractivity contribution >= 4 is 0 Å². The van der Waals surface area contributed by atoms with Crippen LogP contribution in [0.5, 0.6) is 0 Å². The van der Waals surface area contributed by atoms with E-state index in [1.54, 1.807) is 0 Å². The highest BCUT2D eigenvalue weighted by molar-refractivity contribution is 5.10. The van der Waals surface area contributed by atoms with Crippen LogP contribution >= 0.6 is 0 Å². The van der Waals surface area contributed by atoms with Gasteiger partial charge >= 0.3 is 0 Å². The summed E-state index contributed by atoms with van der Waals surface area (Å²) in [5.41, 5.74) is 5.64. The van der Waals surface area contributed by atoms with Crippen LogP contribution < -0.4 is 11.1 Å². The molecule has 2 aliphatic heterocycles.